The molecule has 1 spiro atoms. The third kappa shape index (κ3) is 7.22. The number of hydrogen-bond acceptors (Lipinski definition) is 6. The highest BCUT2D eigenvalue weighted by Gasteiger charge is 2.47. The lowest BCUT2D eigenvalue weighted by molar-refractivity contribution is -0.199. The molecule has 1 aromatic rings. The number of aryl methyl sites for hydroxylation is 1. The Balaban J connectivity index is 0.000000396. The number of likely N-dealkylation sites (N-methyl/N-ethyl adjacent to an activating group) is 1. The number of halogens is 3. The lowest BCUT2D eigenvalue weighted by atomic mass is 9.84. The Bertz CT molecular complexity index is 732. The number of likely N-dealkylation sites (tertiary alicyclic amines) is 1. The van der Waals surface area contributed by atoms with Crippen LogP contribution in [0.5, 0.6) is 0 Å². The molecule has 170 valence electrons. The van der Waals surface area contributed by atoms with Crippen LogP contribution in [0.15, 0.2) is 12.1 Å². The second-order valence-electron chi connectivity index (χ2n) is 7.71. The van der Waals surface area contributed by atoms with Crippen molar-refractivity contribution in [3.8, 4) is 0 Å². The first-order valence-corrected chi connectivity index (χ1v) is 10.3. The molecule has 0 radical (unpaired) electrons. The van der Waals surface area contributed by atoms with Crippen molar-refractivity contribution in [3.05, 3.63) is 21.9 Å². The summed E-state index contributed by atoms with van der Waals surface area (Å²) in [5, 5.41) is 7.12. The number of nitrogens with zero attached hydrogens (tertiary/aromatic N) is 2. The summed E-state index contributed by atoms with van der Waals surface area (Å²) in [6, 6.07) is 4.39. The topological polar surface area (TPSA) is 79.3 Å². The molecule has 1 N–H and O–H groups in total. The number of carboxylic acid groups (broad SMARTS) is 1. The molecule has 1 amide bonds. The van der Waals surface area contributed by atoms with Gasteiger partial charge in [0.25, 0.3) is 0 Å². The van der Waals surface area contributed by atoms with Crippen LogP contribution in [-0.2, 0) is 25.6 Å². The number of carbonyl (C=O) groups excluding carboxylic acids is 1. The standard InChI is InChI=1S/C17H26N2O3S.C2HF3O2/c1-13-4-5-15(23-13)9-19-11-17(12-19)8-14(6-7-22-17)21-10-16(20)18(2)3;3-2(4,5)1(6)7/h4-5,14H,6-12H2,1-3H3;(H,6,7). The van der Waals surface area contributed by atoms with Crippen molar-refractivity contribution in [1.29, 1.82) is 0 Å². The second-order valence-corrected chi connectivity index (χ2v) is 9.08. The fourth-order valence-corrected chi connectivity index (χ4v) is 4.27. The van der Waals surface area contributed by atoms with E-state index in [1.807, 2.05) is 11.3 Å². The summed E-state index contributed by atoms with van der Waals surface area (Å²) in [4.78, 5) is 27.3. The van der Waals surface area contributed by atoms with Gasteiger partial charge in [-0.3, -0.25) is 9.69 Å². The van der Waals surface area contributed by atoms with Crippen molar-refractivity contribution in [2.45, 2.75) is 44.2 Å². The molecule has 2 fully saturated rings. The Kier molecular flexibility index (Phi) is 8.26. The minimum Gasteiger partial charge on any atom is -0.475 e. The van der Waals surface area contributed by atoms with Crippen LogP contribution < -0.4 is 0 Å². The van der Waals surface area contributed by atoms with Crippen molar-refractivity contribution in [2.75, 3.05) is 40.4 Å². The molecule has 7 nitrogen and oxygen atoms in total. The zero-order valence-electron chi connectivity index (χ0n) is 17.2. The highest BCUT2D eigenvalue weighted by Crippen LogP contribution is 2.36. The Morgan fingerprint density at radius 3 is 2.50 bits per heavy atom. The molecule has 11 heteroatoms. The highest BCUT2D eigenvalue weighted by molar-refractivity contribution is 7.11. The summed E-state index contributed by atoms with van der Waals surface area (Å²) in [6.45, 7) is 5.98. The first-order valence-electron chi connectivity index (χ1n) is 9.44. The molecule has 30 heavy (non-hydrogen) atoms. The molecule has 3 heterocycles. The fraction of sp³-hybridized carbons (Fsp3) is 0.684. The first kappa shape index (κ1) is 24.6. The third-order valence-electron chi connectivity index (χ3n) is 4.83. The van der Waals surface area contributed by atoms with Gasteiger partial charge in [-0.25, -0.2) is 4.79 Å². The lowest BCUT2D eigenvalue weighted by Gasteiger charge is -2.53. The number of hydrogen-bond donors (Lipinski definition) is 1. The summed E-state index contributed by atoms with van der Waals surface area (Å²) in [6.07, 6.45) is -3.17. The van der Waals surface area contributed by atoms with Gasteiger partial charge in [0.15, 0.2) is 0 Å². The average molecular weight is 452 g/mol. The summed E-state index contributed by atoms with van der Waals surface area (Å²) in [5.41, 5.74) is -0.0591. The normalized spacial score (nSPS) is 20.8. The number of alkyl halides is 3. The maximum atomic E-state index is 11.7. The highest BCUT2D eigenvalue weighted by atomic mass is 32.1. The number of thiophene rings is 1. The van der Waals surface area contributed by atoms with Crippen LogP contribution in [0.2, 0.25) is 0 Å². The Hall–Kier alpha value is -1.69. The number of carboxylic acids is 1. The minimum absolute atomic E-state index is 0.0221. The van der Waals surface area contributed by atoms with Crippen LogP contribution in [0.4, 0.5) is 13.2 Å². The van der Waals surface area contributed by atoms with E-state index in [0.29, 0.717) is 0 Å². The molecule has 2 saturated heterocycles. The maximum Gasteiger partial charge on any atom is 0.490 e. The average Bonchev–Trinajstić information content (AvgIpc) is 3.03. The minimum atomic E-state index is -5.08. The molecule has 2 aliphatic heterocycles. The smallest absolute Gasteiger partial charge is 0.475 e. The van der Waals surface area contributed by atoms with Crippen molar-refractivity contribution >= 4 is 23.2 Å². The van der Waals surface area contributed by atoms with Crippen molar-refractivity contribution in [1.82, 2.24) is 9.80 Å². The summed E-state index contributed by atoms with van der Waals surface area (Å²) < 4.78 is 43.6. The first-order chi connectivity index (χ1) is 13.9. The van der Waals surface area contributed by atoms with Gasteiger partial charge in [-0.1, -0.05) is 0 Å². The number of ether oxygens (including phenoxy) is 2. The van der Waals surface area contributed by atoms with Crippen molar-refractivity contribution in [2.24, 2.45) is 0 Å². The lowest BCUT2D eigenvalue weighted by Crippen LogP contribution is -2.65. The predicted molar refractivity (Wildman–Crippen MR) is 104 cm³/mol. The van der Waals surface area contributed by atoms with Gasteiger partial charge in [0.05, 0.1) is 11.7 Å². The maximum absolute atomic E-state index is 11.7. The molecule has 1 atom stereocenters. The van der Waals surface area contributed by atoms with E-state index in [-0.39, 0.29) is 24.2 Å². The number of amides is 1. The molecule has 1 unspecified atom stereocenters. The van der Waals surface area contributed by atoms with Gasteiger partial charge in [-0.15, -0.1) is 11.3 Å². The van der Waals surface area contributed by atoms with Crippen LogP contribution in [0.3, 0.4) is 0 Å². The molecule has 0 aliphatic carbocycles. The van der Waals surface area contributed by atoms with E-state index >= 15 is 0 Å². The summed E-state index contributed by atoms with van der Waals surface area (Å²) >= 11 is 1.87. The van der Waals surface area contributed by atoms with Gasteiger partial charge < -0.3 is 19.5 Å². The van der Waals surface area contributed by atoms with Gasteiger partial charge in [0, 0.05) is 56.5 Å². The van der Waals surface area contributed by atoms with E-state index in [1.54, 1.807) is 19.0 Å². The fourth-order valence-electron chi connectivity index (χ4n) is 3.33. The molecular formula is C19H27F3N2O5S. The molecule has 0 bridgehead atoms. The van der Waals surface area contributed by atoms with Gasteiger partial charge in [0.2, 0.25) is 5.91 Å². The van der Waals surface area contributed by atoms with E-state index in [1.165, 1.54) is 9.75 Å². The molecule has 0 aromatic carbocycles. The zero-order valence-corrected chi connectivity index (χ0v) is 18.0. The second kappa shape index (κ2) is 10.1. The van der Waals surface area contributed by atoms with Crippen LogP contribution >= 0.6 is 11.3 Å². The molecule has 1 aromatic heterocycles. The van der Waals surface area contributed by atoms with E-state index in [9.17, 15) is 18.0 Å². The van der Waals surface area contributed by atoms with E-state index in [4.69, 9.17) is 19.4 Å². The number of rotatable bonds is 5. The Morgan fingerprint density at radius 1 is 1.37 bits per heavy atom. The van der Waals surface area contributed by atoms with Gasteiger partial charge >= 0.3 is 12.1 Å². The van der Waals surface area contributed by atoms with Gasteiger partial charge in [-0.2, -0.15) is 13.2 Å². The monoisotopic (exact) mass is 452 g/mol. The van der Waals surface area contributed by atoms with Crippen LogP contribution in [0.1, 0.15) is 22.6 Å². The number of carbonyl (C=O) groups is 2. The summed E-state index contributed by atoms with van der Waals surface area (Å²) in [5.74, 6) is -2.73. The molecular weight excluding hydrogens is 425 g/mol. The quantitative estimate of drug-likeness (QED) is 0.740. The van der Waals surface area contributed by atoms with E-state index in [0.717, 1.165) is 39.1 Å². The van der Waals surface area contributed by atoms with Crippen LogP contribution in [0.25, 0.3) is 0 Å². The Labute approximate surface area is 177 Å². The zero-order chi connectivity index (χ0) is 22.5. The van der Waals surface area contributed by atoms with Crippen LogP contribution in [-0.4, -0.2) is 85.1 Å². The molecule has 3 rings (SSSR count). The van der Waals surface area contributed by atoms with Crippen molar-refractivity contribution < 1.29 is 37.3 Å². The Morgan fingerprint density at radius 2 is 2.00 bits per heavy atom. The number of aliphatic carboxylic acids is 1. The van der Waals surface area contributed by atoms with Gasteiger partial charge in [-0.05, 0) is 25.5 Å². The molecule has 2 aliphatic rings. The predicted octanol–water partition coefficient (Wildman–Crippen LogP) is 2.53. The molecule has 0 saturated carbocycles. The third-order valence-corrected chi connectivity index (χ3v) is 5.82. The summed E-state index contributed by atoms with van der Waals surface area (Å²) in [7, 11) is 3.51. The largest absolute Gasteiger partial charge is 0.490 e. The van der Waals surface area contributed by atoms with E-state index < -0.39 is 12.1 Å². The van der Waals surface area contributed by atoms with Gasteiger partial charge in [0.1, 0.15) is 6.61 Å². The van der Waals surface area contributed by atoms with Crippen molar-refractivity contribution in [3.63, 3.8) is 0 Å². The van der Waals surface area contributed by atoms with E-state index in [2.05, 4.69) is 24.0 Å². The SMILES string of the molecule is Cc1ccc(CN2CC3(CC(OCC(=O)N(C)C)CCO3)C2)s1.O=C(O)C(F)(F)F. The van der Waals surface area contributed by atoms with Crippen LogP contribution in [0, 0.1) is 6.92 Å².